The maximum atomic E-state index is 13.2. The predicted octanol–water partition coefficient (Wildman–Crippen LogP) is 5.68. The van der Waals surface area contributed by atoms with Crippen molar-refractivity contribution in [2.24, 2.45) is 0 Å². The molecule has 0 unspecified atom stereocenters. The van der Waals surface area contributed by atoms with E-state index in [9.17, 15) is 61.5 Å². The molecule has 0 aliphatic carbocycles. The third kappa shape index (κ3) is 5.19. The van der Waals surface area contributed by atoms with Crippen LogP contribution >= 0.6 is 0 Å². The first-order chi connectivity index (χ1) is 11.1. The van der Waals surface area contributed by atoms with Crippen molar-refractivity contribution in [3.05, 3.63) is 0 Å². The van der Waals surface area contributed by atoms with Gasteiger partial charge in [0.25, 0.3) is 0 Å². The van der Waals surface area contributed by atoms with E-state index in [2.05, 4.69) is 3.07 Å². The van der Waals surface area contributed by atoms with Crippen LogP contribution in [-0.2, 0) is 3.07 Å². The topological polar surface area (TPSA) is 9.23 Å². The van der Waals surface area contributed by atoms with Gasteiger partial charge in [0, 0.05) is 0 Å². The standard InChI is InChI=1S/2C4H2F7.C2H5O.Sn/c2*1-2(5,6)3(7,8)4(9,10)11;1-2-3;/h2*1H2;2H2,1H3;/q;;-1;+1. The van der Waals surface area contributed by atoms with Crippen molar-refractivity contribution in [2.75, 3.05) is 6.61 Å². The van der Waals surface area contributed by atoms with Crippen molar-refractivity contribution in [3.8, 4) is 0 Å². The van der Waals surface area contributed by atoms with Gasteiger partial charge < -0.3 is 0 Å². The summed E-state index contributed by atoms with van der Waals surface area (Å²) in [5, 5.41) is 0. The summed E-state index contributed by atoms with van der Waals surface area (Å²) in [5.74, 6) is -25.5. The maximum absolute atomic E-state index is 13.2. The van der Waals surface area contributed by atoms with E-state index >= 15 is 0 Å². The summed E-state index contributed by atoms with van der Waals surface area (Å²) in [6.07, 6.45) is -13.6. The summed E-state index contributed by atoms with van der Waals surface area (Å²) in [5.41, 5.74) is 0. The Hall–Kier alpha value is -0.221. The monoisotopic (exact) mass is 531 g/mol. The van der Waals surface area contributed by atoms with Crippen LogP contribution in [0.15, 0.2) is 0 Å². The van der Waals surface area contributed by atoms with Gasteiger partial charge >= 0.3 is 143 Å². The molecule has 0 bridgehead atoms. The van der Waals surface area contributed by atoms with E-state index < -0.39 is 71.7 Å². The Morgan fingerprint density at radius 2 is 0.846 bits per heavy atom. The van der Waals surface area contributed by atoms with Gasteiger partial charge in [-0.25, -0.2) is 0 Å². The van der Waals surface area contributed by atoms with Crippen molar-refractivity contribution in [3.63, 3.8) is 0 Å². The van der Waals surface area contributed by atoms with Crippen LogP contribution in [0.3, 0.4) is 0 Å². The zero-order chi connectivity index (χ0) is 21.4. The molecule has 0 N–H and O–H groups in total. The van der Waals surface area contributed by atoms with Crippen LogP contribution in [0.4, 0.5) is 61.5 Å². The molecule has 0 fully saturated rings. The van der Waals surface area contributed by atoms with Crippen molar-refractivity contribution >= 4 is 20.2 Å². The normalized spacial score (nSPS) is 15.7. The predicted molar refractivity (Wildman–Crippen MR) is 58.9 cm³/mol. The Kier molecular flexibility index (Phi) is 7.59. The van der Waals surface area contributed by atoms with Gasteiger partial charge in [0.1, 0.15) is 0 Å². The molecule has 0 aliphatic rings. The molecule has 157 valence electrons. The molecule has 0 saturated heterocycles. The number of hydrogen-bond donors (Lipinski definition) is 0. The number of hydrogen-bond acceptors (Lipinski definition) is 1. The first-order valence-corrected chi connectivity index (χ1v) is 11.5. The summed E-state index contributed by atoms with van der Waals surface area (Å²) in [7, 11) is 0. The van der Waals surface area contributed by atoms with Crippen LogP contribution in [0.25, 0.3) is 0 Å². The summed E-state index contributed by atoms with van der Waals surface area (Å²) in [6.45, 7) is 0.0385. The van der Waals surface area contributed by atoms with Gasteiger partial charge in [0.15, 0.2) is 0 Å². The second-order valence-electron chi connectivity index (χ2n) is 4.88. The zero-order valence-corrected chi connectivity index (χ0v) is 15.2. The van der Waals surface area contributed by atoms with E-state index in [-0.39, 0.29) is 0 Å². The number of rotatable bonds is 8. The molecule has 0 rings (SSSR count). The third-order valence-electron chi connectivity index (χ3n) is 2.82. The van der Waals surface area contributed by atoms with Crippen molar-refractivity contribution in [1.29, 1.82) is 0 Å². The van der Waals surface area contributed by atoms with Crippen LogP contribution in [0.2, 0.25) is 8.87 Å². The molecule has 1 nitrogen and oxygen atoms in total. The molecule has 16 heteroatoms. The summed E-state index contributed by atoms with van der Waals surface area (Å²) < 4.78 is 175. The van der Waals surface area contributed by atoms with Crippen LogP contribution < -0.4 is 0 Å². The van der Waals surface area contributed by atoms with Gasteiger partial charge in [-0.2, -0.15) is 0 Å². The van der Waals surface area contributed by atoms with E-state index in [1.807, 2.05) is 0 Å². The first-order valence-electron chi connectivity index (χ1n) is 6.26. The number of halogens is 14. The summed E-state index contributed by atoms with van der Waals surface area (Å²) >= 11 is -5.46. The molecule has 0 heterocycles. The Bertz CT molecular complexity index is 427. The molecule has 0 aromatic rings. The van der Waals surface area contributed by atoms with Crippen molar-refractivity contribution in [1.82, 2.24) is 0 Å². The Labute approximate surface area is 143 Å². The van der Waals surface area contributed by atoms with Gasteiger partial charge in [-0.1, -0.05) is 0 Å². The molecule has 0 aromatic heterocycles. The van der Waals surface area contributed by atoms with Crippen LogP contribution in [0.1, 0.15) is 6.92 Å². The SMILES string of the molecule is CC[O][Sn]([CH2]C(F)(F)C(F)(F)C(F)(F)F)[CH2]C(F)(F)C(F)(F)C(F)(F)F. The van der Waals surface area contributed by atoms with Gasteiger partial charge in [-0.05, 0) is 0 Å². The number of alkyl halides is 14. The summed E-state index contributed by atoms with van der Waals surface area (Å²) in [4.78, 5) is 0. The average Bonchev–Trinajstić information content (AvgIpc) is 2.34. The molecule has 0 amide bonds. The fourth-order valence-corrected chi connectivity index (χ4v) is 7.70. The minimum absolute atomic E-state index is 0.837. The van der Waals surface area contributed by atoms with Crippen molar-refractivity contribution < 1.29 is 64.5 Å². The zero-order valence-electron chi connectivity index (χ0n) is 12.3. The van der Waals surface area contributed by atoms with Gasteiger partial charge in [0.05, 0.1) is 0 Å². The quantitative estimate of drug-likeness (QED) is 0.290. The van der Waals surface area contributed by atoms with Gasteiger partial charge in [0.2, 0.25) is 0 Å². The molecule has 0 atom stereocenters. The van der Waals surface area contributed by atoms with Crippen LogP contribution in [0.5, 0.6) is 0 Å². The van der Waals surface area contributed by atoms with Crippen LogP contribution in [-0.4, -0.2) is 62.8 Å². The minimum atomic E-state index is -6.81. The molecule has 0 aliphatic heterocycles. The Balaban J connectivity index is 5.64. The molecule has 0 saturated carbocycles. The molecule has 26 heavy (non-hydrogen) atoms. The summed E-state index contributed by atoms with van der Waals surface area (Å²) in [6, 6.07) is 0. The fourth-order valence-electron chi connectivity index (χ4n) is 1.50. The van der Waals surface area contributed by atoms with E-state index in [4.69, 9.17) is 0 Å². The second kappa shape index (κ2) is 7.66. The Morgan fingerprint density at radius 3 is 1.04 bits per heavy atom. The van der Waals surface area contributed by atoms with Gasteiger partial charge in [-0.15, -0.1) is 0 Å². The molecule has 1 radical (unpaired) electrons. The van der Waals surface area contributed by atoms with Crippen LogP contribution in [0, 0.1) is 0 Å². The van der Waals surface area contributed by atoms with Crippen molar-refractivity contribution in [2.45, 2.75) is 51.8 Å². The second-order valence-corrected chi connectivity index (χ2v) is 10.8. The van der Waals surface area contributed by atoms with E-state index in [0.29, 0.717) is 0 Å². The first kappa shape index (κ1) is 25.8. The molecular weight excluding hydrogens is 521 g/mol. The van der Waals surface area contributed by atoms with Gasteiger partial charge in [-0.3, -0.25) is 0 Å². The molecule has 0 aromatic carbocycles. The van der Waals surface area contributed by atoms with E-state index in [0.717, 1.165) is 6.92 Å². The van der Waals surface area contributed by atoms with E-state index in [1.165, 1.54) is 0 Å². The molecule has 0 spiro atoms. The fraction of sp³-hybridized carbons (Fsp3) is 1.00. The molecular formula is C10H9F14OSn. The third-order valence-corrected chi connectivity index (χ3v) is 9.59. The Morgan fingerprint density at radius 1 is 0.577 bits per heavy atom. The van der Waals surface area contributed by atoms with E-state index in [1.54, 1.807) is 0 Å². The average molecular weight is 530 g/mol.